The minimum Gasteiger partial charge on any atom is -0.481 e. The molecule has 0 aromatic carbocycles. The molecular weight excluding hydrogens is 262 g/mol. The first-order chi connectivity index (χ1) is 9.66. The molecule has 0 radical (unpaired) electrons. The Morgan fingerprint density at radius 1 is 1.35 bits per heavy atom. The van der Waals surface area contributed by atoms with Gasteiger partial charge in [-0.15, -0.1) is 5.10 Å². The van der Waals surface area contributed by atoms with Gasteiger partial charge >= 0.3 is 12.0 Å². The highest BCUT2D eigenvalue weighted by Crippen LogP contribution is 2.24. The predicted molar refractivity (Wildman–Crippen MR) is 69.9 cm³/mol. The normalized spacial score (nSPS) is 22.2. The van der Waals surface area contributed by atoms with E-state index in [4.69, 9.17) is 5.11 Å². The smallest absolute Gasteiger partial charge is 0.315 e. The molecule has 110 valence electrons. The van der Waals surface area contributed by atoms with Crippen molar-refractivity contribution < 1.29 is 14.7 Å². The first-order valence-corrected chi connectivity index (χ1v) is 6.78. The van der Waals surface area contributed by atoms with E-state index >= 15 is 0 Å². The number of hydrogen-bond donors (Lipinski definition) is 3. The standard InChI is InChI=1S/C12H19N5O3/c18-11(19)9-3-1-2-4-10(9)15-12(20)13-5-7-17-8-6-14-16-17/h6,8-10H,1-5,7H2,(H,18,19)(H2,13,15,20). The average molecular weight is 281 g/mol. The summed E-state index contributed by atoms with van der Waals surface area (Å²) in [7, 11) is 0. The van der Waals surface area contributed by atoms with Gasteiger partial charge in [-0.05, 0) is 12.8 Å². The number of carboxylic acids is 1. The van der Waals surface area contributed by atoms with Crippen LogP contribution in [0.25, 0.3) is 0 Å². The van der Waals surface area contributed by atoms with Crippen LogP contribution in [-0.4, -0.2) is 44.7 Å². The van der Waals surface area contributed by atoms with Crippen molar-refractivity contribution >= 4 is 12.0 Å². The highest BCUT2D eigenvalue weighted by Gasteiger charge is 2.31. The van der Waals surface area contributed by atoms with Crippen molar-refractivity contribution in [1.29, 1.82) is 0 Å². The summed E-state index contributed by atoms with van der Waals surface area (Å²) >= 11 is 0. The summed E-state index contributed by atoms with van der Waals surface area (Å²) in [6.07, 6.45) is 6.48. The van der Waals surface area contributed by atoms with E-state index in [1.165, 1.54) is 0 Å². The molecule has 1 heterocycles. The number of carbonyl (C=O) groups is 2. The summed E-state index contributed by atoms with van der Waals surface area (Å²) in [6, 6.07) is -0.615. The Morgan fingerprint density at radius 2 is 2.15 bits per heavy atom. The van der Waals surface area contributed by atoms with Crippen LogP contribution in [0.3, 0.4) is 0 Å². The maximum atomic E-state index is 11.7. The number of rotatable bonds is 5. The van der Waals surface area contributed by atoms with Crippen molar-refractivity contribution in [3.05, 3.63) is 12.4 Å². The lowest BCUT2D eigenvalue weighted by Gasteiger charge is -2.29. The molecule has 2 amide bonds. The highest BCUT2D eigenvalue weighted by atomic mass is 16.4. The number of aliphatic carboxylic acids is 1. The van der Waals surface area contributed by atoms with Crippen LogP contribution in [0.1, 0.15) is 25.7 Å². The van der Waals surface area contributed by atoms with E-state index in [2.05, 4.69) is 20.9 Å². The quantitative estimate of drug-likeness (QED) is 0.715. The van der Waals surface area contributed by atoms with Crippen molar-refractivity contribution in [2.75, 3.05) is 6.54 Å². The van der Waals surface area contributed by atoms with E-state index < -0.39 is 11.9 Å². The molecule has 0 bridgehead atoms. The fraction of sp³-hybridized carbons (Fsp3) is 0.667. The second kappa shape index (κ2) is 6.88. The van der Waals surface area contributed by atoms with Gasteiger partial charge in [0, 0.05) is 18.8 Å². The molecule has 1 aromatic heterocycles. The van der Waals surface area contributed by atoms with Gasteiger partial charge in [0.25, 0.3) is 0 Å². The molecule has 1 aromatic rings. The number of amides is 2. The third-order valence-corrected chi connectivity index (χ3v) is 3.50. The van der Waals surface area contributed by atoms with Crippen LogP contribution in [0, 0.1) is 5.92 Å². The van der Waals surface area contributed by atoms with Gasteiger partial charge in [0.05, 0.1) is 18.7 Å². The fourth-order valence-electron chi connectivity index (χ4n) is 2.45. The summed E-state index contributed by atoms with van der Waals surface area (Å²) in [5, 5.41) is 22.0. The predicted octanol–water partition coefficient (Wildman–Crippen LogP) is 0.221. The van der Waals surface area contributed by atoms with Crippen LogP contribution >= 0.6 is 0 Å². The summed E-state index contributed by atoms with van der Waals surface area (Å²) in [5.41, 5.74) is 0. The second-order valence-electron chi connectivity index (χ2n) is 4.90. The number of urea groups is 1. The zero-order valence-corrected chi connectivity index (χ0v) is 11.2. The maximum absolute atomic E-state index is 11.7. The molecule has 2 unspecified atom stereocenters. The van der Waals surface area contributed by atoms with Gasteiger partial charge in [0.2, 0.25) is 0 Å². The Labute approximate surface area is 116 Å². The molecule has 1 fully saturated rings. The largest absolute Gasteiger partial charge is 0.481 e. The Bertz CT molecular complexity index is 448. The SMILES string of the molecule is O=C(NCCn1ccnn1)NC1CCCCC1C(=O)O. The molecule has 1 saturated carbocycles. The van der Waals surface area contributed by atoms with Crippen LogP contribution < -0.4 is 10.6 Å². The first-order valence-electron chi connectivity index (χ1n) is 6.78. The van der Waals surface area contributed by atoms with Crippen molar-refractivity contribution in [2.24, 2.45) is 5.92 Å². The van der Waals surface area contributed by atoms with Gasteiger partial charge in [-0.3, -0.25) is 9.48 Å². The number of aromatic nitrogens is 3. The van der Waals surface area contributed by atoms with Crippen molar-refractivity contribution in [3.63, 3.8) is 0 Å². The van der Waals surface area contributed by atoms with Gasteiger partial charge in [-0.1, -0.05) is 18.1 Å². The van der Waals surface area contributed by atoms with Gasteiger partial charge < -0.3 is 15.7 Å². The summed E-state index contributed by atoms with van der Waals surface area (Å²) in [6.45, 7) is 0.945. The third kappa shape index (κ3) is 3.94. The maximum Gasteiger partial charge on any atom is 0.315 e. The van der Waals surface area contributed by atoms with Crippen LogP contribution in [0.15, 0.2) is 12.4 Å². The summed E-state index contributed by atoms with van der Waals surface area (Å²) < 4.78 is 1.61. The van der Waals surface area contributed by atoms with Crippen LogP contribution in [0.5, 0.6) is 0 Å². The molecule has 1 aliphatic carbocycles. The Kier molecular flexibility index (Phi) is 4.91. The number of carbonyl (C=O) groups excluding carboxylic acids is 1. The highest BCUT2D eigenvalue weighted by molar-refractivity contribution is 5.76. The molecule has 2 atom stereocenters. The van der Waals surface area contributed by atoms with E-state index in [9.17, 15) is 9.59 Å². The Hall–Kier alpha value is -2.12. The monoisotopic (exact) mass is 281 g/mol. The molecule has 0 aliphatic heterocycles. The lowest BCUT2D eigenvalue weighted by Crippen LogP contribution is -2.49. The lowest BCUT2D eigenvalue weighted by molar-refractivity contribution is -0.143. The Morgan fingerprint density at radius 3 is 2.85 bits per heavy atom. The molecule has 3 N–H and O–H groups in total. The van der Waals surface area contributed by atoms with Crippen LogP contribution in [0.2, 0.25) is 0 Å². The molecule has 8 heteroatoms. The van der Waals surface area contributed by atoms with Crippen molar-refractivity contribution in [3.8, 4) is 0 Å². The summed E-state index contributed by atoms with van der Waals surface area (Å²) in [5.74, 6) is -1.32. The van der Waals surface area contributed by atoms with Gasteiger partial charge in [0.1, 0.15) is 0 Å². The third-order valence-electron chi connectivity index (χ3n) is 3.50. The zero-order valence-electron chi connectivity index (χ0n) is 11.2. The summed E-state index contributed by atoms with van der Waals surface area (Å²) in [4.78, 5) is 22.9. The topological polar surface area (TPSA) is 109 Å². The fourth-order valence-corrected chi connectivity index (χ4v) is 2.45. The molecule has 0 spiro atoms. The molecule has 8 nitrogen and oxygen atoms in total. The number of carboxylic acid groups (broad SMARTS) is 1. The molecule has 2 rings (SSSR count). The minimum atomic E-state index is -0.836. The lowest BCUT2D eigenvalue weighted by atomic mass is 9.84. The van der Waals surface area contributed by atoms with E-state index in [1.54, 1.807) is 17.1 Å². The van der Waals surface area contributed by atoms with Crippen molar-refractivity contribution in [2.45, 2.75) is 38.3 Å². The van der Waals surface area contributed by atoms with E-state index in [1.807, 2.05) is 0 Å². The second-order valence-corrected chi connectivity index (χ2v) is 4.90. The van der Waals surface area contributed by atoms with E-state index in [-0.39, 0.29) is 12.1 Å². The Balaban J connectivity index is 1.73. The minimum absolute atomic E-state index is 0.285. The molecule has 1 aliphatic rings. The van der Waals surface area contributed by atoms with Crippen molar-refractivity contribution in [1.82, 2.24) is 25.6 Å². The van der Waals surface area contributed by atoms with Gasteiger partial charge in [-0.25, -0.2) is 4.79 Å². The van der Waals surface area contributed by atoms with E-state index in [0.29, 0.717) is 25.9 Å². The van der Waals surface area contributed by atoms with Crippen LogP contribution in [-0.2, 0) is 11.3 Å². The average Bonchev–Trinajstić information content (AvgIpc) is 2.92. The zero-order chi connectivity index (χ0) is 14.4. The van der Waals surface area contributed by atoms with Gasteiger partial charge in [0.15, 0.2) is 0 Å². The van der Waals surface area contributed by atoms with E-state index in [0.717, 1.165) is 12.8 Å². The molecule has 0 saturated heterocycles. The number of nitrogens with one attached hydrogen (secondary N) is 2. The van der Waals surface area contributed by atoms with Crippen LogP contribution in [0.4, 0.5) is 4.79 Å². The molecule has 20 heavy (non-hydrogen) atoms. The first kappa shape index (κ1) is 14.3. The van der Waals surface area contributed by atoms with Gasteiger partial charge in [-0.2, -0.15) is 0 Å². The number of nitrogens with zero attached hydrogens (tertiary/aromatic N) is 3. The number of hydrogen-bond acceptors (Lipinski definition) is 4. The molecular formula is C12H19N5O3.